The molecule has 6 fully saturated rings. The molecule has 0 aromatic rings. The van der Waals surface area contributed by atoms with Crippen molar-refractivity contribution >= 4 is 5.78 Å². The number of carbonyl (C=O) groups is 1. The molecule has 1 aliphatic heterocycles. The molecule has 3 nitrogen and oxygen atoms in total. The fourth-order valence-corrected chi connectivity index (χ4v) is 12.7. The second-order valence-corrected chi connectivity index (χ2v) is 16.8. The van der Waals surface area contributed by atoms with Gasteiger partial charge in [-0.1, -0.05) is 48.5 Å². The van der Waals surface area contributed by atoms with Gasteiger partial charge in [-0.15, -0.1) is 0 Å². The maximum Gasteiger partial charge on any atom is 0.157 e. The fraction of sp³-hybridized carbons (Fsp3) is 0.971. The van der Waals surface area contributed by atoms with E-state index in [1.165, 1.54) is 64.2 Å². The Morgan fingerprint density at radius 2 is 1.63 bits per heavy atom. The standard InChI is InChI=1S/C35H58O3/c1-23(2)24-13-18-35(22-38-29-10-8-9-21-37-29)20-19-33(6)25(30(24)35)11-12-27-32(5)16-15-28(36)31(3,4)26(32)14-17-34(27,33)7/h23-27,29-30H,8-22H2,1-7H3/t24-,25+,26-,27?,29?,30+,32-,33+,34+,35+/m0/s1. The van der Waals surface area contributed by atoms with Gasteiger partial charge in [-0.05, 0) is 134 Å². The highest BCUT2D eigenvalue weighted by Gasteiger charge is 2.71. The molecule has 1 heterocycles. The lowest BCUT2D eigenvalue weighted by Crippen LogP contribution is -2.66. The van der Waals surface area contributed by atoms with Gasteiger partial charge in [0.2, 0.25) is 0 Å². The third-order valence-electron chi connectivity index (χ3n) is 15.0. The van der Waals surface area contributed by atoms with Crippen LogP contribution in [0.4, 0.5) is 0 Å². The Balaban J connectivity index is 1.32. The Labute approximate surface area is 234 Å². The first-order valence-corrected chi connectivity index (χ1v) is 16.7. The van der Waals surface area contributed by atoms with Crippen LogP contribution in [0.3, 0.4) is 0 Å². The predicted molar refractivity (Wildman–Crippen MR) is 154 cm³/mol. The van der Waals surface area contributed by atoms with E-state index in [4.69, 9.17) is 9.47 Å². The van der Waals surface area contributed by atoms with Crippen molar-refractivity contribution in [1.29, 1.82) is 0 Å². The highest BCUT2D eigenvalue weighted by Crippen LogP contribution is 2.77. The zero-order chi connectivity index (χ0) is 27.1. The summed E-state index contributed by atoms with van der Waals surface area (Å²) in [5, 5.41) is 0. The number of fused-ring (bicyclic) bond motifs is 7. The first kappa shape index (κ1) is 27.7. The van der Waals surface area contributed by atoms with Crippen LogP contribution in [0, 0.1) is 62.6 Å². The monoisotopic (exact) mass is 526 g/mol. The minimum Gasteiger partial charge on any atom is -0.353 e. The normalized spacial score (nSPS) is 52.2. The van der Waals surface area contributed by atoms with Crippen LogP contribution >= 0.6 is 0 Å². The first-order chi connectivity index (χ1) is 17.9. The lowest BCUT2D eigenvalue weighted by atomic mass is 9.32. The molecule has 1 saturated heterocycles. The van der Waals surface area contributed by atoms with Crippen LogP contribution in [0.5, 0.6) is 0 Å². The number of ether oxygens (including phenoxy) is 2. The average molecular weight is 527 g/mol. The van der Waals surface area contributed by atoms with Gasteiger partial charge in [-0.25, -0.2) is 0 Å². The van der Waals surface area contributed by atoms with Crippen molar-refractivity contribution in [3.63, 3.8) is 0 Å². The van der Waals surface area contributed by atoms with Gasteiger partial charge < -0.3 is 9.47 Å². The van der Waals surface area contributed by atoms with E-state index in [-0.39, 0.29) is 11.7 Å². The summed E-state index contributed by atoms with van der Waals surface area (Å²) in [5.74, 6) is 5.00. The van der Waals surface area contributed by atoms with E-state index in [9.17, 15) is 4.79 Å². The minimum absolute atomic E-state index is 0.0334. The Hall–Kier alpha value is -0.410. The molecule has 0 aromatic heterocycles. The van der Waals surface area contributed by atoms with Crippen molar-refractivity contribution in [3.05, 3.63) is 0 Å². The molecule has 5 aliphatic carbocycles. The molecule has 0 bridgehead atoms. The van der Waals surface area contributed by atoms with Gasteiger partial charge in [0.1, 0.15) is 5.78 Å². The minimum atomic E-state index is -0.152. The van der Waals surface area contributed by atoms with E-state index in [1.807, 2.05) is 0 Å². The molecular formula is C35H58O3. The van der Waals surface area contributed by atoms with E-state index in [1.54, 1.807) is 0 Å². The van der Waals surface area contributed by atoms with Crippen LogP contribution in [0.25, 0.3) is 0 Å². The van der Waals surface area contributed by atoms with Crippen molar-refractivity contribution in [3.8, 4) is 0 Å². The summed E-state index contributed by atoms with van der Waals surface area (Å²) >= 11 is 0. The summed E-state index contributed by atoms with van der Waals surface area (Å²) in [5.41, 5.74) is 1.27. The van der Waals surface area contributed by atoms with Crippen LogP contribution in [0.1, 0.15) is 132 Å². The van der Waals surface area contributed by atoms with Gasteiger partial charge >= 0.3 is 0 Å². The Kier molecular flexibility index (Phi) is 6.79. The molecule has 6 rings (SSSR count). The zero-order valence-electron chi connectivity index (χ0n) is 25.9. The van der Waals surface area contributed by atoms with Crippen LogP contribution in [0.2, 0.25) is 0 Å². The van der Waals surface area contributed by atoms with E-state index in [0.717, 1.165) is 62.1 Å². The fourth-order valence-electron chi connectivity index (χ4n) is 12.7. The van der Waals surface area contributed by atoms with Crippen LogP contribution in [-0.4, -0.2) is 25.3 Å². The summed E-state index contributed by atoms with van der Waals surface area (Å²) in [6.45, 7) is 19.5. The summed E-state index contributed by atoms with van der Waals surface area (Å²) in [6, 6.07) is 0. The number of rotatable bonds is 4. The Bertz CT molecular complexity index is 918. The van der Waals surface area contributed by atoms with Crippen molar-refractivity contribution < 1.29 is 14.3 Å². The molecule has 0 spiro atoms. The highest BCUT2D eigenvalue weighted by molar-refractivity contribution is 5.85. The summed E-state index contributed by atoms with van der Waals surface area (Å²) in [4.78, 5) is 13.1. The van der Waals surface area contributed by atoms with Crippen molar-refractivity contribution in [2.45, 2.75) is 138 Å². The summed E-state index contributed by atoms with van der Waals surface area (Å²) < 4.78 is 12.7. The van der Waals surface area contributed by atoms with Gasteiger partial charge in [0.05, 0.1) is 6.61 Å². The first-order valence-electron chi connectivity index (χ1n) is 16.7. The maximum atomic E-state index is 13.1. The SMILES string of the molecule is CC(C)[C@@H]1CC[C@]2(COC3CCCCO3)CC[C@]3(C)[C@H](CCC4[C@@]5(C)CCC(=O)C(C)(C)[C@@H]5CC[C@]43C)[C@@H]12. The third-order valence-corrected chi connectivity index (χ3v) is 15.0. The van der Waals surface area contributed by atoms with Crippen molar-refractivity contribution in [2.75, 3.05) is 13.2 Å². The summed E-state index contributed by atoms with van der Waals surface area (Å²) in [6.07, 6.45) is 16.3. The molecule has 0 aromatic carbocycles. The summed E-state index contributed by atoms with van der Waals surface area (Å²) in [7, 11) is 0. The smallest absolute Gasteiger partial charge is 0.157 e. The quantitative estimate of drug-likeness (QED) is 0.367. The predicted octanol–water partition coefficient (Wildman–Crippen LogP) is 8.84. The molecule has 6 aliphatic rings. The number of hydrogen-bond donors (Lipinski definition) is 0. The molecule has 5 saturated carbocycles. The van der Waals surface area contributed by atoms with Gasteiger partial charge in [0, 0.05) is 18.4 Å². The number of ketones is 1. The molecule has 0 amide bonds. The lowest BCUT2D eigenvalue weighted by molar-refractivity contribution is -0.247. The second-order valence-electron chi connectivity index (χ2n) is 16.8. The average Bonchev–Trinajstić information content (AvgIpc) is 3.27. The molecule has 0 radical (unpaired) electrons. The second kappa shape index (κ2) is 9.30. The van der Waals surface area contributed by atoms with Crippen LogP contribution < -0.4 is 0 Å². The zero-order valence-corrected chi connectivity index (χ0v) is 25.9. The molecule has 3 heteroatoms. The van der Waals surface area contributed by atoms with E-state index < -0.39 is 0 Å². The molecular weight excluding hydrogens is 468 g/mol. The Morgan fingerprint density at radius 3 is 2.34 bits per heavy atom. The molecule has 0 N–H and O–H groups in total. The van der Waals surface area contributed by atoms with Crippen LogP contribution in [0.15, 0.2) is 0 Å². The maximum absolute atomic E-state index is 13.1. The molecule has 10 atom stereocenters. The van der Waals surface area contributed by atoms with Crippen LogP contribution in [-0.2, 0) is 14.3 Å². The third kappa shape index (κ3) is 3.75. The van der Waals surface area contributed by atoms with Crippen molar-refractivity contribution in [2.24, 2.45) is 62.6 Å². The van der Waals surface area contributed by atoms with Gasteiger partial charge in [0.15, 0.2) is 6.29 Å². The van der Waals surface area contributed by atoms with E-state index in [0.29, 0.717) is 33.4 Å². The molecule has 216 valence electrons. The highest BCUT2D eigenvalue weighted by atomic mass is 16.7. The van der Waals surface area contributed by atoms with Gasteiger partial charge in [-0.2, -0.15) is 0 Å². The number of hydrogen-bond acceptors (Lipinski definition) is 3. The largest absolute Gasteiger partial charge is 0.353 e. The molecule has 2 unspecified atom stereocenters. The lowest BCUT2D eigenvalue weighted by Gasteiger charge is -2.72. The Morgan fingerprint density at radius 1 is 0.842 bits per heavy atom. The van der Waals surface area contributed by atoms with Gasteiger partial charge in [0.25, 0.3) is 0 Å². The number of Topliss-reactive ketones (excluding diaryl/α,β-unsaturated/α-hetero) is 1. The number of carbonyl (C=O) groups excluding carboxylic acids is 1. The van der Waals surface area contributed by atoms with Crippen molar-refractivity contribution in [1.82, 2.24) is 0 Å². The topological polar surface area (TPSA) is 35.5 Å². The van der Waals surface area contributed by atoms with E-state index >= 15 is 0 Å². The van der Waals surface area contributed by atoms with Gasteiger partial charge in [-0.3, -0.25) is 4.79 Å². The van der Waals surface area contributed by atoms with E-state index in [2.05, 4.69) is 48.5 Å². The molecule has 38 heavy (non-hydrogen) atoms.